The molecule has 0 saturated carbocycles. The highest BCUT2D eigenvalue weighted by molar-refractivity contribution is 7.12. The fourth-order valence-electron chi connectivity index (χ4n) is 1.34. The van der Waals surface area contributed by atoms with Crippen LogP contribution in [0.1, 0.15) is 22.2 Å². The average molecular weight is 213 g/mol. The van der Waals surface area contributed by atoms with Gasteiger partial charge in [0.25, 0.3) is 0 Å². The quantitative estimate of drug-likeness (QED) is 0.575. The fourth-order valence-corrected chi connectivity index (χ4v) is 2.31. The SMILES string of the molecule is Cc1ccc(C(CCN(C)C)NN)s1. The zero-order chi connectivity index (χ0) is 10.6. The Balaban J connectivity index is 2.54. The number of nitrogens with one attached hydrogen (secondary N) is 1. The second-order valence-corrected chi connectivity index (χ2v) is 5.08. The lowest BCUT2D eigenvalue weighted by molar-refractivity contribution is 0.364. The number of hydrazine groups is 1. The first-order valence-corrected chi connectivity index (χ1v) is 5.62. The lowest BCUT2D eigenvalue weighted by Gasteiger charge is -2.17. The Morgan fingerprint density at radius 2 is 2.21 bits per heavy atom. The topological polar surface area (TPSA) is 41.3 Å². The standard InChI is InChI=1S/C10H19N3S/c1-8-4-5-10(14-8)9(12-11)6-7-13(2)3/h4-5,9,12H,6-7,11H2,1-3H3. The van der Waals surface area contributed by atoms with E-state index in [-0.39, 0.29) is 6.04 Å². The predicted octanol–water partition coefficient (Wildman–Crippen LogP) is 1.51. The van der Waals surface area contributed by atoms with E-state index in [0.717, 1.165) is 13.0 Å². The number of nitrogens with two attached hydrogens (primary N) is 1. The van der Waals surface area contributed by atoms with Crippen molar-refractivity contribution < 1.29 is 0 Å². The third kappa shape index (κ3) is 3.38. The van der Waals surface area contributed by atoms with Gasteiger partial charge in [-0.05, 0) is 46.1 Å². The van der Waals surface area contributed by atoms with Gasteiger partial charge in [-0.3, -0.25) is 11.3 Å². The largest absolute Gasteiger partial charge is 0.309 e. The highest BCUT2D eigenvalue weighted by Crippen LogP contribution is 2.24. The van der Waals surface area contributed by atoms with Gasteiger partial charge in [-0.2, -0.15) is 0 Å². The minimum atomic E-state index is 0.288. The van der Waals surface area contributed by atoms with E-state index >= 15 is 0 Å². The summed E-state index contributed by atoms with van der Waals surface area (Å²) in [6.07, 6.45) is 1.05. The van der Waals surface area contributed by atoms with Crippen molar-refractivity contribution in [3.8, 4) is 0 Å². The van der Waals surface area contributed by atoms with Crippen LogP contribution in [0.3, 0.4) is 0 Å². The lowest BCUT2D eigenvalue weighted by Crippen LogP contribution is -2.30. The molecule has 0 bridgehead atoms. The summed E-state index contributed by atoms with van der Waals surface area (Å²) >= 11 is 1.81. The second-order valence-electron chi connectivity index (χ2n) is 3.76. The normalized spacial score (nSPS) is 13.5. The molecule has 0 spiro atoms. The average Bonchev–Trinajstić information content (AvgIpc) is 2.53. The zero-order valence-electron chi connectivity index (χ0n) is 9.08. The molecule has 0 radical (unpaired) electrons. The van der Waals surface area contributed by atoms with Crippen molar-refractivity contribution in [1.82, 2.24) is 10.3 Å². The summed E-state index contributed by atoms with van der Waals surface area (Å²) in [4.78, 5) is 4.84. The highest BCUT2D eigenvalue weighted by Gasteiger charge is 2.11. The second kappa shape index (κ2) is 5.46. The summed E-state index contributed by atoms with van der Waals surface area (Å²) in [7, 11) is 4.15. The van der Waals surface area contributed by atoms with Gasteiger partial charge in [0.05, 0.1) is 6.04 Å². The Bertz CT molecular complexity index is 270. The molecule has 1 rings (SSSR count). The van der Waals surface area contributed by atoms with Gasteiger partial charge in [0.1, 0.15) is 0 Å². The summed E-state index contributed by atoms with van der Waals surface area (Å²) in [6.45, 7) is 3.17. The molecule has 0 aliphatic rings. The molecule has 0 amide bonds. The van der Waals surface area contributed by atoms with Crippen LogP contribution in [0.15, 0.2) is 12.1 Å². The molecule has 0 aliphatic carbocycles. The summed E-state index contributed by atoms with van der Waals surface area (Å²) < 4.78 is 0. The minimum Gasteiger partial charge on any atom is -0.309 e. The summed E-state index contributed by atoms with van der Waals surface area (Å²) in [5, 5.41) is 0. The maximum atomic E-state index is 5.54. The first-order chi connectivity index (χ1) is 6.63. The third-order valence-electron chi connectivity index (χ3n) is 2.17. The zero-order valence-corrected chi connectivity index (χ0v) is 9.90. The van der Waals surface area contributed by atoms with Crippen LogP contribution in [-0.4, -0.2) is 25.5 Å². The van der Waals surface area contributed by atoms with Crippen LogP contribution in [0.25, 0.3) is 0 Å². The van der Waals surface area contributed by atoms with E-state index in [1.54, 1.807) is 0 Å². The van der Waals surface area contributed by atoms with Crippen molar-refractivity contribution in [2.45, 2.75) is 19.4 Å². The molecule has 1 aromatic rings. The van der Waals surface area contributed by atoms with Gasteiger partial charge < -0.3 is 4.90 Å². The monoisotopic (exact) mass is 213 g/mol. The summed E-state index contributed by atoms with van der Waals surface area (Å²) in [5.41, 5.74) is 2.87. The van der Waals surface area contributed by atoms with Crippen LogP contribution in [0.5, 0.6) is 0 Å². The Kier molecular flexibility index (Phi) is 4.54. The first-order valence-electron chi connectivity index (χ1n) is 4.80. The van der Waals surface area contributed by atoms with Gasteiger partial charge in [0, 0.05) is 9.75 Å². The molecule has 3 nitrogen and oxygen atoms in total. The summed E-state index contributed by atoms with van der Waals surface area (Å²) in [5.74, 6) is 5.54. The molecule has 0 aliphatic heterocycles. The number of thiophene rings is 1. The number of aryl methyl sites for hydroxylation is 1. The van der Waals surface area contributed by atoms with Crippen molar-refractivity contribution in [1.29, 1.82) is 0 Å². The van der Waals surface area contributed by atoms with Gasteiger partial charge in [0.2, 0.25) is 0 Å². The van der Waals surface area contributed by atoms with E-state index in [0.29, 0.717) is 0 Å². The molecule has 0 fully saturated rings. The molecule has 0 saturated heterocycles. The van der Waals surface area contributed by atoms with Crippen LogP contribution in [0.4, 0.5) is 0 Å². The molecule has 80 valence electrons. The van der Waals surface area contributed by atoms with Crippen molar-refractivity contribution in [3.63, 3.8) is 0 Å². The molecular weight excluding hydrogens is 194 g/mol. The first kappa shape index (κ1) is 11.7. The van der Waals surface area contributed by atoms with E-state index < -0.39 is 0 Å². The molecule has 1 unspecified atom stereocenters. The van der Waals surface area contributed by atoms with Crippen molar-refractivity contribution in [2.24, 2.45) is 5.84 Å². The molecular formula is C10H19N3S. The Labute approximate surface area is 89.9 Å². The number of nitrogens with zero attached hydrogens (tertiary/aromatic N) is 1. The Morgan fingerprint density at radius 3 is 2.64 bits per heavy atom. The van der Waals surface area contributed by atoms with Crippen molar-refractivity contribution >= 4 is 11.3 Å². The molecule has 3 N–H and O–H groups in total. The van der Waals surface area contributed by atoms with Gasteiger partial charge in [-0.15, -0.1) is 11.3 Å². The van der Waals surface area contributed by atoms with Crippen LogP contribution in [0.2, 0.25) is 0 Å². The van der Waals surface area contributed by atoms with Crippen LogP contribution >= 0.6 is 11.3 Å². The third-order valence-corrected chi connectivity index (χ3v) is 3.29. The maximum Gasteiger partial charge on any atom is 0.0565 e. The molecule has 0 aromatic carbocycles. The number of hydrogen-bond donors (Lipinski definition) is 2. The van der Waals surface area contributed by atoms with E-state index in [1.165, 1.54) is 9.75 Å². The molecule has 1 aromatic heterocycles. The van der Waals surface area contributed by atoms with Crippen LogP contribution in [0, 0.1) is 6.92 Å². The van der Waals surface area contributed by atoms with E-state index in [1.807, 2.05) is 11.3 Å². The van der Waals surface area contributed by atoms with Gasteiger partial charge in [-0.1, -0.05) is 0 Å². The number of rotatable bonds is 5. The van der Waals surface area contributed by atoms with Crippen LogP contribution in [-0.2, 0) is 0 Å². The van der Waals surface area contributed by atoms with Gasteiger partial charge in [0.15, 0.2) is 0 Å². The Hall–Kier alpha value is -0.420. The highest BCUT2D eigenvalue weighted by atomic mass is 32.1. The van der Waals surface area contributed by atoms with Crippen molar-refractivity contribution in [3.05, 3.63) is 21.9 Å². The van der Waals surface area contributed by atoms with Crippen molar-refractivity contribution in [2.75, 3.05) is 20.6 Å². The minimum absolute atomic E-state index is 0.288. The van der Waals surface area contributed by atoms with E-state index in [9.17, 15) is 0 Å². The maximum absolute atomic E-state index is 5.54. The lowest BCUT2D eigenvalue weighted by atomic mass is 10.2. The van der Waals surface area contributed by atoms with Gasteiger partial charge >= 0.3 is 0 Å². The van der Waals surface area contributed by atoms with E-state index in [2.05, 4.69) is 43.5 Å². The smallest absolute Gasteiger partial charge is 0.0565 e. The molecule has 1 atom stereocenters. The van der Waals surface area contributed by atoms with E-state index in [4.69, 9.17) is 5.84 Å². The number of hydrogen-bond acceptors (Lipinski definition) is 4. The fraction of sp³-hybridized carbons (Fsp3) is 0.600. The molecule has 1 heterocycles. The van der Waals surface area contributed by atoms with Gasteiger partial charge in [-0.25, -0.2) is 0 Å². The predicted molar refractivity (Wildman–Crippen MR) is 62.3 cm³/mol. The molecule has 14 heavy (non-hydrogen) atoms. The van der Waals surface area contributed by atoms with Crippen LogP contribution < -0.4 is 11.3 Å². The Morgan fingerprint density at radius 1 is 1.50 bits per heavy atom. The summed E-state index contributed by atoms with van der Waals surface area (Å²) in [6, 6.07) is 4.58. The molecule has 4 heteroatoms.